The maximum Gasteiger partial charge on any atom is 0.409 e. The van der Waals surface area contributed by atoms with Crippen molar-refractivity contribution in [1.29, 1.82) is 0 Å². The Morgan fingerprint density at radius 2 is 1.85 bits per heavy atom. The molecule has 0 spiro atoms. The van der Waals surface area contributed by atoms with Crippen LogP contribution < -0.4 is 25.6 Å². The monoisotopic (exact) mass is 1020 g/mol. The number of nitrogens with one attached hydrogen (secondary N) is 3. The third-order valence-electron chi connectivity index (χ3n) is 16.6. The van der Waals surface area contributed by atoms with E-state index in [0.29, 0.717) is 72.4 Å². The molecule has 5 amide bonds. The zero-order chi connectivity index (χ0) is 51.7. The van der Waals surface area contributed by atoms with E-state index in [0.717, 1.165) is 62.0 Å². The van der Waals surface area contributed by atoms with Gasteiger partial charge in [0.1, 0.15) is 42.1 Å². The van der Waals surface area contributed by atoms with Gasteiger partial charge in [0.15, 0.2) is 5.82 Å². The average molecular weight is 1020 g/mol. The summed E-state index contributed by atoms with van der Waals surface area (Å²) >= 11 is 0. The third kappa shape index (κ3) is 8.66. The molecule has 19 heteroatoms. The summed E-state index contributed by atoms with van der Waals surface area (Å²) in [5.74, 6) is -0.235. The highest BCUT2D eigenvalue weighted by Crippen LogP contribution is 2.45. The van der Waals surface area contributed by atoms with Crippen molar-refractivity contribution >= 4 is 62.9 Å². The molecule has 8 aliphatic rings. The summed E-state index contributed by atoms with van der Waals surface area (Å²) in [5.41, 5.74) is 2.06. The lowest BCUT2D eigenvalue weighted by atomic mass is 9.94. The fourth-order valence-corrected chi connectivity index (χ4v) is 12.8. The molecule has 7 saturated heterocycles. The number of rotatable bonds is 12. The molecule has 8 aliphatic heterocycles. The van der Waals surface area contributed by atoms with E-state index in [9.17, 15) is 24.0 Å². The number of imide groups is 2. The first-order valence-electron chi connectivity index (χ1n) is 26.0. The Morgan fingerprint density at radius 3 is 2.71 bits per heavy atom. The van der Waals surface area contributed by atoms with Gasteiger partial charge in [0, 0.05) is 86.6 Å². The largest absolute Gasteiger partial charge is 0.461 e. The van der Waals surface area contributed by atoms with Crippen molar-refractivity contribution in [2.24, 2.45) is 5.92 Å². The van der Waals surface area contributed by atoms with Crippen molar-refractivity contribution < 1.29 is 42.2 Å². The van der Waals surface area contributed by atoms with Crippen molar-refractivity contribution in [3.63, 3.8) is 0 Å². The van der Waals surface area contributed by atoms with Gasteiger partial charge in [-0.25, -0.2) is 13.6 Å². The van der Waals surface area contributed by atoms with Gasteiger partial charge in [0.2, 0.25) is 11.8 Å². The fraction of sp³-hybridized carbons (Fsp3) is 0.429. The van der Waals surface area contributed by atoms with Crippen LogP contribution >= 0.6 is 0 Å². The molecule has 10 heterocycles. The molecule has 7 fully saturated rings. The van der Waals surface area contributed by atoms with E-state index in [1.54, 1.807) is 53.6 Å². The van der Waals surface area contributed by atoms with Gasteiger partial charge in [-0.1, -0.05) is 42.3 Å². The number of hydrogen-bond acceptors (Lipinski definition) is 14. The number of hydrogen-bond donors (Lipinski definition) is 3. The van der Waals surface area contributed by atoms with Crippen LogP contribution in [0.1, 0.15) is 90.5 Å². The van der Waals surface area contributed by atoms with Gasteiger partial charge in [-0.15, -0.1) is 6.42 Å². The molecule has 75 heavy (non-hydrogen) atoms. The number of benzene rings is 3. The number of terminal acetylenes is 1. The molecule has 17 nitrogen and oxygen atoms in total. The van der Waals surface area contributed by atoms with E-state index in [1.807, 2.05) is 0 Å². The van der Waals surface area contributed by atoms with Crippen molar-refractivity contribution in [3.05, 3.63) is 95.2 Å². The zero-order valence-corrected chi connectivity index (χ0v) is 41.3. The molecule has 5 aromatic rings. The van der Waals surface area contributed by atoms with Crippen LogP contribution in [0.5, 0.6) is 6.01 Å². The summed E-state index contributed by atoms with van der Waals surface area (Å²) in [6, 6.07) is 12.4. The third-order valence-corrected chi connectivity index (χ3v) is 16.6. The van der Waals surface area contributed by atoms with Gasteiger partial charge in [-0.3, -0.25) is 39.3 Å². The van der Waals surface area contributed by atoms with E-state index in [4.69, 9.17) is 25.9 Å². The molecule has 13 rings (SSSR count). The molecule has 0 aliphatic carbocycles. The minimum Gasteiger partial charge on any atom is -0.461 e. The summed E-state index contributed by atoms with van der Waals surface area (Å²) in [4.78, 5) is 85.9. The number of carbonyl (C=O) groups is 5. The summed E-state index contributed by atoms with van der Waals surface area (Å²) in [7, 11) is 0. The number of piperidine rings is 1. The highest BCUT2D eigenvalue weighted by atomic mass is 19.1. The van der Waals surface area contributed by atoms with E-state index in [1.165, 1.54) is 6.07 Å². The number of ether oxygens (including phenoxy) is 2. The Hall–Kier alpha value is -7.56. The molecule has 6 atom stereocenters. The molecule has 4 unspecified atom stereocenters. The molecule has 386 valence electrons. The molecule has 3 aromatic carbocycles. The van der Waals surface area contributed by atoms with Crippen LogP contribution in [0.3, 0.4) is 0 Å². The predicted octanol–water partition coefficient (Wildman–Crippen LogP) is 6.34. The van der Waals surface area contributed by atoms with Gasteiger partial charge >= 0.3 is 12.1 Å². The minimum absolute atomic E-state index is 0.00824. The highest BCUT2D eigenvalue weighted by Gasteiger charge is 2.52. The SMILES string of the molecule is C#Cc1c(F)ccc2cccc(-c3ncc4c(N5CC6CCCC5CN6)nc(OC[C@@]56CC[C@@H](COC(=O)N7CCC(CCNc8ccc9c(c8)C(=O)N(C8CCC(=O)NC8=O)C9=O)C7)N5CC(=C)C6)nc4c3F)c12. The Kier molecular flexibility index (Phi) is 12.4. The predicted molar refractivity (Wildman–Crippen MR) is 274 cm³/mol. The number of likely N-dealkylation sites (tertiary alicyclic amines) is 1. The molecular formula is C56H56F2N10O7. The molecule has 3 N–H and O–H groups in total. The van der Waals surface area contributed by atoms with Crippen LogP contribution in [-0.4, -0.2) is 142 Å². The van der Waals surface area contributed by atoms with Crippen molar-refractivity contribution in [2.75, 3.05) is 62.7 Å². The Morgan fingerprint density at radius 1 is 0.987 bits per heavy atom. The van der Waals surface area contributed by atoms with Gasteiger partial charge < -0.3 is 29.9 Å². The average Bonchev–Trinajstić information content (AvgIpc) is 4.08. The second-order valence-corrected chi connectivity index (χ2v) is 21.2. The lowest BCUT2D eigenvalue weighted by Gasteiger charge is -2.39. The van der Waals surface area contributed by atoms with Crippen molar-refractivity contribution in [2.45, 2.75) is 93.9 Å². The van der Waals surface area contributed by atoms with Crippen molar-refractivity contribution in [3.8, 4) is 29.6 Å². The standard InChI is InChI=1S/C56H56F2N10O7/c1-3-38-43(57)13-10-33-6-4-9-40(46(33)38)48-47(58)49-42(25-61-48)50(66-28-35-7-5-8-36(66)24-60-35)64-54(63-49)75-30-56-19-16-37(67(56)26-31(2)23-56)29-74-55(73)65-21-18-32(27-65)17-20-59-34-11-12-39-41(22-34)53(72)68(52(39)71)44-14-15-45(69)62-51(44)70/h1,4,6,9-13,22,25,32,35-37,44,59-60H,2,5,7-8,14-21,23-24,26-30H2,(H,62,69,70)/t32?,35?,36?,37-,44?,56-/m0/s1. The number of pyridine rings is 1. The topological polar surface area (TPSA) is 192 Å². The smallest absolute Gasteiger partial charge is 0.409 e. The molecular weight excluding hydrogens is 963 g/mol. The number of amides is 5. The van der Waals surface area contributed by atoms with Gasteiger partial charge in [0.25, 0.3) is 11.8 Å². The second-order valence-electron chi connectivity index (χ2n) is 21.2. The number of fused-ring (bicyclic) bond motifs is 8. The maximum absolute atomic E-state index is 17.3. The van der Waals surface area contributed by atoms with Gasteiger partial charge in [-0.05, 0) is 93.4 Å². The lowest BCUT2D eigenvalue weighted by molar-refractivity contribution is -0.136. The molecule has 2 aromatic heterocycles. The number of anilines is 2. The number of halogens is 2. The van der Waals surface area contributed by atoms with Crippen LogP contribution in [0, 0.1) is 29.9 Å². The summed E-state index contributed by atoms with van der Waals surface area (Å²) in [5, 5.41) is 10.7. The molecule has 0 radical (unpaired) electrons. The van der Waals surface area contributed by atoms with Crippen LogP contribution in [0.25, 0.3) is 32.9 Å². The minimum atomic E-state index is -1.03. The van der Waals surface area contributed by atoms with E-state index < -0.39 is 46.8 Å². The van der Waals surface area contributed by atoms with E-state index in [-0.39, 0.29) is 90.1 Å². The summed E-state index contributed by atoms with van der Waals surface area (Å²) in [6.45, 7) is 8.47. The summed E-state index contributed by atoms with van der Waals surface area (Å²) in [6.07, 6.45) is 13.9. The first-order valence-corrected chi connectivity index (χ1v) is 26.0. The number of aromatic nitrogens is 3. The number of piperazine rings is 1. The first kappa shape index (κ1) is 48.4. The highest BCUT2D eigenvalue weighted by molar-refractivity contribution is 6.23. The van der Waals surface area contributed by atoms with E-state index >= 15 is 8.78 Å². The van der Waals surface area contributed by atoms with Crippen LogP contribution in [0.4, 0.5) is 25.1 Å². The Bertz CT molecular complexity index is 3290. The number of nitrogens with zero attached hydrogens (tertiary/aromatic N) is 7. The normalized spacial score (nSPS) is 25.5. The molecule has 2 bridgehead atoms. The van der Waals surface area contributed by atoms with Gasteiger partial charge in [-0.2, -0.15) is 9.97 Å². The van der Waals surface area contributed by atoms with Crippen LogP contribution in [0.15, 0.2) is 66.9 Å². The fourth-order valence-electron chi connectivity index (χ4n) is 12.8. The number of carbonyl (C=O) groups excluding carboxylic acids is 5. The van der Waals surface area contributed by atoms with E-state index in [2.05, 4.69) is 43.2 Å². The lowest BCUT2D eigenvalue weighted by Crippen LogP contribution is -2.54. The van der Waals surface area contributed by atoms with Crippen LogP contribution in [0.2, 0.25) is 0 Å². The van der Waals surface area contributed by atoms with Crippen molar-refractivity contribution in [1.82, 2.24) is 40.3 Å². The van der Waals surface area contributed by atoms with Gasteiger partial charge in [0.05, 0.1) is 27.6 Å². The Labute approximate surface area is 431 Å². The first-order chi connectivity index (χ1) is 36.4. The summed E-state index contributed by atoms with van der Waals surface area (Å²) < 4.78 is 45.1. The Balaban J connectivity index is 0.701. The zero-order valence-electron chi connectivity index (χ0n) is 41.3. The quantitative estimate of drug-likeness (QED) is 0.0713. The molecule has 0 saturated carbocycles. The van der Waals surface area contributed by atoms with Crippen LogP contribution in [-0.2, 0) is 14.3 Å². The second kappa shape index (κ2) is 19.3. The maximum atomic E-state index is 17.3.